The minimum atomic E-state index is 0.632. The van der Waals surface area contributed by atoms with Crippen molar-refractivity contribution in [2.24, 2.45) is 0 Å². The van der Waals surface area contributed by atoms with Crippen molar-refractivity contribution < 1.29 is 0 Å². The third-order valence-corrected chi connectivity index (χ3v) is 4.63. The van der Waals surface area contributed by atoms with E-state index in [0.717, 1.165) is 6.54 Å². The van der Waals surface area contributed by atoms with Gasteiger partial charge in [-0.15, -0.1) is 0 Å². The van der Waals surface area contributed by atoms with Gasteiger partial charge in [-0.2, -0.15) is 0 Å². The van der Waals surface area contributed by atoms with Crippen LogP contribution in [0.4, 0.5) is 0 Å². The van der Waals surface area contributed by atoms with E-state index in [2.05, 4.69) is 32.9 Å². The first-order valence-corrected chi connectivity index (χ1v) is 10.7. The van der Waals surface area contributed by atoms with E-state index in [9.17, 15) is 0 Å². The van der Waals surface area contributed by atoms with Crippen molar-refractivity contribution >= 4 is 0 Å². The van der Waals surface area contributed by atoms with Gasteiger partial charge in [0.1, 0.15) is 0 Å². The molecule has 0 aromatic rings. The first kappa shape index (κ1) is 22.7. The molecule has 1 atom stereocenters. The Kier molecular flexibility index (Phi) is 19.5. The summed E-state index contributed by atoms with van der Waals surface area (Å²) in [6, 6.07) is 0.632. The highest BCUT2D eigenvalue weighted by Gasteiger charge is 2.05. The van der Waals surface area contributed by atoms with E-state index in [0.29, 0.717) is 6.04 Å². The molecule has 0 saturated carbocycles. The van der Waals surface area contributed by atoms with Crippen LogP contribution in [0.3, 0.4) is 0 Å². The van der Waals surface area contributed by atoms with Crippen LogP contribution in [0.25, 0.3) is 0 Å². The monoisotopic (exact) mass is 322 g/mol. The lowest BCUT2D eigenvalue weighted by molar-refractivity contribution is 0.436. The number of hydrogen-bond donors (Lipinski definition) is 0. The summed E-state index contributed by atoms with van der Waals surface area (Å²) in [7, 11) is 0. The zero-order valence-electron chi connectivity index (χ0n) is 16.5. The van der Waals surface area contributed by atoms with Crippen molar-refractivity contribution in [3.05, 3.63) is 12.2 Å². The van der Waals surface area contributed by atoms with Crippen molar-refractivity contribution in [2.75, 3.05) is 6.54 Å². The molecule has 0 spiro atoms. The maximum absolute atomic E-state index is 4.75. The third-order valence-electron chi connectivity index (χ3n) is 4.63. The molecule has 1 nitrogen and oxygen atoms in total. The second kappa shape index (κ2) is 19.7. The molecule has 0 saturated heterocycles. The second-order valence-corrected chi connectivity index (χ2v) is 6.99. The summed E-state index contributed by atoms with van der Waals surface area (Å²) in [6.07, 6.45) is 25.1. The minimum absolute atomic E-state index is 0.632. The van der Waals surface area contributed by atoms with Gasteiger partial charge in [-0.1, -0.05) is 84.3 Å². The maximum atomic E-state index is 4.75. The standard InChI is InChI=1S/C22H44N/c1-4-7-8-9-10-11-12-13-14-15-16-17-18-19-20-22(6-3)23-21-5-2/h13-14,22H,4-12,15-21H2,1-3H3. The van der Waals surface area contributed by atoms with E-state index >= 15 is 0 Å². The Labute approximate surface area is 147 Å². The van der Waals surface area contributed by atoms with Gasteiger partial charge >= 0.3 is 0 Å². The average Bonchev–Trinajstić information content (AvgIpc) is 2.57. The molecule has 0 aliphatic rings. The van der Waals surface area contributed by atoms with E-state index in [1.807, 2.05) is 0 Å². The van der Waals surface area contributed by atoms with Crippen molar-refractivity contribution in [3.63, 3.8) is 0 Å². The van der Waals surface area contributed by atoms with Crippen molar-refractivity contribution in [3.8, 4) is 0 Å². The Morgan fingerprint density at radius 3 is 1.78 bits per heavy atom. The summed E-state index contributed by atoms with van der Waals surface area (Å²) in [5, 5.41) is 4.75. The van der Waals surface area contributed by atoms with Crippen molar-refractivity contribution in [1.29, 1.82) is 0 Å². The summed E-state index contributed by atoms with van der Waals surface area (Å²) in [5.74, 6) is 0. The molecule has 0 rings (SSSR count). The van der Waals surface area contributed by atoms with Gasteiger partial charge in [-0.05, 0) is 44.9 Å². The molecule has 0 aliphatic carbocycles. The van der Waals surface area contributed by atoms with E-state index in [-0.39, 0.29) is 0 Å². The number of rotatable bonds is 18. The van der Waals surface area contributed by atoms with Crippen LogP contribution in [0.5, 0.6) is 0 Å². The van der Waals surface area contributed by atoms with E-state index in [1.54, 1.807) is 0 Å². The SMILES string of the molecule is CCCCCCCCC=CCCCCCCC(CC)[N]CCC. The predicted molar refractivity (Wildman–Crippen MR) is 106 cm³/mol. The largest absolute Gasteiger partial charge is 0.238 e. The van der Waals surface area contributed by atoms with Crippen LogP contribution >= 0.6 is 0 Å². The van der Waals surface area contributed by atoms with Gasteiger partial charge < -0.3 is 0 Å². The molecule has 1 unspecified atom stereocenters. The molecule has 0 aromatic heterocycles. The van der Waals surface area contributed by atoms with Crippen LogP contribution in [-0.2, 0) is 0 Å². The lowest BCUT2D eigenvalue weighted by Crippen LogP contribution is -2.21. The average molecular weight is 323 g/mol. The minimum Gasteiger partial charge on any atom is -0.238 e. The first-order valence-electron chi connectivity index (χ1n) is 10.7. The Bertz CT molecular complexity index is 234. The zero-order valence-corrected chi connectivity index (χ0v) is 16.5. The van der Waals surface area contributed by atoms with Gasteiger partial charge in [-0.3, -0.25) is 0 Å². The maximum Gasteiger partial charge on any atom is 0.0243 e. The van der Waals surface area contributed by atoms with Gasteiger partial charge in [0, 0.05) is 12.6 Å². The normalized spacial score (nSPS) is 13.0. The Morgan fingerprint density at radius 2 is 1.22 bits per heavy atom. The molecule has 137 valence electrons. The van der Waals surface area contributed by atoms with E-state index in [1.165, 1.54) is 96.3 Å². The van der Waals surface area contributed by atoms with E-state index < -0.39 is 0 Å². The van der Waals surface area contributed by atoms with Gasteiger partial charge in [0.05, 0.1) is 0 Å². The topological polar surface area (TPSA) is 14.1 Å². The Hall–Kier alpha value is -0.300. The molecule has 0 aromatic carbocycles. The molecule has 0 bridgehead atoms. The van der Waals surface area contributed by atoms with Crippen molar-refractivity contribution in [2.45, 2.75) is 123 Å². The number of allylic oxidation sites excluding steroid dienone is 2. The van der Waals surface area contributed by atoms with Gasteiger partial charge in [-0.25, -0.2) is 5.32 Å². The molecule has 0 fully saturated rings. The fourth-order valence-electron chi connectivity index (χ4n) is 3.01. The quantitative estimate of drug-likeness (QED) is 0.184. The summed E-state index contributed by atoms with van der Waals surface area (Å²) in [5.41, 5.74) is 0. The third kappa shape index (κ3) is 17.9. The molecule has 23 heavy (non-hydrogen) atoms. The summed E-state index contributed by atoms with van der Waals surface area (Å²) in [4.78, 5) is 0. The summed E-state index contributed by atoms with van der Waals surface area (Å²) < 4.78 is 0. The number of nitrogens with zero attached hydrogens (tertiary/aromatic N) is 1. The van der Waals surface area contributed by atoms with Gasteiger partial charge in [0.25, 0.3) is 0 Å². The molecule has 0 amide bonds. The smallest absolute Gasteiger partial charge is 0.0243 e. The molecule has 1 heteroatoms. The Morgan fingerprint density at radius 1 is 0.652 bits per heavy atom. The molecule has 0 N–H and O–H groups in total. The Balaban J connectivity index is 3.24. The van der Waals surface area contributed by atoms with Crippen LogP contribution in [0, 0.1) is 0 Å². The highest BCUT2D eigenvalue weighted by atomic mass is 14.9. The molecular weight excluding hydrogens is 278 g/mol. The molecule has 0 heterocycles. The van der Waals surface area contributed by atoms with Crippen LogP contribution < -0.4 is 5.32 Å². The highest BCUT2D eigenvalue weighted by Crippen LogP contribution is 2.11. The highest BCUT2D eigenvalue weighted by molar-refractivity contribution is 4.81. The van der Waals surface area contributed by atoms with Gasteiger partial charge in [0.2, 0.25) is 0 Å². The van der Waals surface area contributed by atoms with Crippen molar-refractivity contribution in [1.82, 2.24) is 5.32 Å². The molecule has 0 aliphatic heterocycles. The molecular formula is C22H44N. The lowest BCUT2D eigenvalue weighted by atomic mass is 10.0. The van der Waals surface area contributed by atoms with Crippen LogP contribution in [0.15, 0.2) is 12.2 Å². The first-order chi connectivity index (χ1) is 11.3. The van der Waals surface area contributed by atoms with Crippen LogP contribution in [0.1, 0.15) is 117 Å². The lowest BCUT2D eigenvalue weighted by Gasteiger charge is -2.13. The predicted octanol–water partition coefficient (Wildman–Crippen LogP) is 7.43. The van der Waals surface area contributed by atoms with Crippen LogP contribution in [-0.4, -0.2) is 12.6 Å². The second-order valence-electron chi connectivity index (χ2n) is 6.99. The van der Waals surface area contributed by atoms with E-state index in [4.69, 9.17) is 5.32 Å². The fraction of sp³-hybridized carbons (Fsp3) is 0.909. The fourth-order valence-corrected chi connectivity index (χ4v) is 3.01. The number of hydrogen-bond acceptors (Lipinski definition) is 0. The van der Waals surface area contributed by atoms with Gasteiger partial charge in [0.15, 0.2) is 0 Å². The summed E-state index contributed by atoms with van der Waals surface area (Å²) in [6.45, 7) is 7.84. The number of unbranched alkanes of at least 4 members (excludes halogenated alkanes) is 10. The molecule has 1 radical (unpaired) electrons. The summed E-state index contributed by atoms with van der Waals surface area (Å²) >= 11 is 0. The zero-order chi connectivity index (χ0) is 17.0. The van der Waals surface area contributed by atoms with Crippen LogP contribution in [0.2, 0.25) is 0 Å².